The van der Waals surface area contributed by atoms with Crippen LogP contribution in [0.25, 0.3) is 28.1 Å². The van der Waals surface area contributed by atoms with Crippen molar-refractivity contribution in [1.29, 1.82) is 0 Å². The molecule has 0 aliphatic carbocycles. The third-order valence-corrected chi connectivity index (χ3v) is 8.42. The Bertz CT molecular complexity index is 1990. The van der Waals surface area contributed by atoms with Gasteiger partial charge in [0.15, 0.2) is 0 Å². The number of halogens is 2. The van der Waals surface area contributed by atoms with E-state index < -0.39 is 5.91 Å². The molecule has 0 radical (unpaired) electrons. The molecule has 46 heavy (non-hydrogen) atoms. The number of aromatic nitrogens is 2. The summed E-state index contributed by atoms with van der Waals surface area (Å²) in [5.74, 6) is 1.95. The van der Waals surface area contributed by atoms with Gasteiger partial charge in [-0.1, -0.05) is 92.5 Å². The topological polar surface area (TPSA) is 70.1 Å². The lowest BCUT2D eigenvalue weighted by Crippen LogP contribution is -2.10. The van der Waals surface area contributed by atoms with E-state index in [4.69, 9.17) is 38.7 Å². The molecule has 1 amide bonds. The molecule has 5 aromatic carbocycles. The van der Waals surface area contributed by atoms with Crippen molar-refractivity contribution in [1.82, 2.24) is 9.55 Å². The van der Waals surface area contributed by atoms with E-state index >= 15 is 0 Å². The number of amides is 1. The van der Waals surface area contributed by atoms with Crippen LogP contribution in [0.5, 0.6) is 11.5 Å². The maximum atomic E-state index is 11.6. The minimum Gasteiger partial charge on any atom is -0.457 e. The standard InChI is InChI=1S/C39H33Cl2N3O2/c1-39(2,3)29-12-19-33(20-13-29)46-32-17-10-27(11-18-32)26-6-4-25(5-7-26)22-37-43-36(34-21-14-30(40)23-35(34)41)24-44(37)31-15-8-28(9-16-31)38(42)45/h4-21,23-24H,22H2,1-3H3,(H2,42,45). The zero-order valence-electron chi connectivity index (χ0n) is 25.8. The first-order valence-corrected chi connectivity index (χ1v) is 15.7. The first kappa shape index (κ1) is 31.2. The average molecular weight is 647 g/mol. The van der Waals surface area contributed by atoms with Crippen LogP contribution in [0.15, 0.2) is 121 Å². The van der Waals surface area contributed by atoms with Crippen molar-refractivity contribution in [3.05, 3.63) is 154 Å². The monoisotopic (exact) mass is 645 g/mol. The molecule has 1 heterocycles. The number of imidazole rings is 1. The Morgan fingerprint density at radius 1 is 0.783 bits per heavy atom. The van der Waals surface area contributed by atoms with Gasteiger partial charge in [0.05, 0.1) is 10.7 Å². The Hall–Kier alpha value is -4.84. The quantitative estimate of drug-likeness (QED) is 0.179. The van der Waals surface area contributed by atoms with Gasteiger partial charge in [-0.3, -0.25) is 4.79 Å². The van der Waals surface area contributed by atoms with E-state index in [-0.39, 0.29) is 5.41 Å². The lowest BCUT2D eigenvalue weighted by Gasteiger charge is -2.19. The summed E-state index contributed by atoms with van der Waals surface area (Å²) in [6.45, 7) is 6.60. The predicted octanol–water partition coefficient (Wildman–Crippen LogP) is 10.3. The molecule has 0 fully saturated rings. The van der Waals surface area contributed by atoms with Crippen molar-refractivity contribution >= 4 is 29.1 Å². The van der Waals surface area contributed by atoms with E-state index in [1.165, 1.54) is 5.56 Å². The number of nitrogens with two attached hydrogens (primary N) is 1. The Kier molecular flexibility index (Phi) is 8.72. The summed E-state index contributed by atoms with van der Waals surface area (Å²) in [6, 6.07) is 37.3. The highest BCUT2D eigenvalue weighted by molar-refractivity contribution is 6.36. The van der Waals surface area contributed by atoms with Gasteiger partial charge in [-0.15, -0.1) is 0 Å². The van der Waals surface area contributed by atoms with Crippen molar-refractivity contribution in [2.45, 2.75) is 32.6 Å². The molecule has 6 rings (SSSR count). The molecule has 230 valence electrons. The first-order chi connectivity index (χ1) is 22.0. The highest BCUT2D eigenvalue weighted by atomic mass is 35.5. The normalized spacial score (nSPS) is 11.4. The van der Waals surface area contributed by atoms with Crippen LogP contribution in [0.1, 0.15) is 48.1 Å². The fourth-order valence-electron chi connectivity index (χ4n) is 5.25. The maximum absolute atomic E-state index is 11.6. The lowest BCUT2D eigenvalue weighted by atomic mass is 9.87. The maximum Gasteiger partial charge on any atom is 0.248 e. The Labute approximate surface area is 279 Å². The van der Waals surface area contributed by atoms with Crippen LogP contribution in [0.2, 0.25) is 10.0 Å². The molecule has 0 saturated carbocycles. The van der Waals surface area contributed by atoms with Crippen LogP contribution in [0, 0.1) is 0 Å². The zero-order valence-corrected chi connectivity index (χ0v) is 27.3. The second-order valence-electron chi connectivity index (χ2n) is 12.2. The Morgan fingerprint density at radius 2 is 1.37 bits per heavy atom. The number of carbonyl (C=O) groups is 1. The largest absolute Gasteiger partial charge is 0.457 e. The molecule has 0 saturated heterocycles. The Morgan fingerprint density at radius 3 is 1.93 bits per heavy atom. The van der Waals surface area contributed by atoms with Crippen molar-refractivity contribution in [2.24, 2.45) is 5.73 Å². The number of hydrogen-bond acceptors (Lipinski definition) is 3. The van der Waals surface area contributed by atoms with Crippen LogP contribution < -0.4 is 10.5 Å². The van der Waals surface area contributed by atoms with Gasteiger partial charge in [0, 0.05) is 34.5 Å². The number of rotatable bonds is 8. The fourth-order valence-corrected chi connectivity index (χ4v) is 5.76. The smallest absolute Gasteiger partial charge is 0.248 e. The van der Waals surface area contributed by atoms with Crippen molar-refractivity contribution in [3.63, 3.8) is 0 Å². The molecule has 7 heteroatoms. The second-order valence-corrected chi connectivity index (χ2v) is 13.1. The molecule has 1 aromatic heterocycles. The summed E-state index contributed by atoms with van der Waals surface area (Å²) in [7, 11) is 0. The minimum atomic E-state index is -0.473. The summed E-state index contributed by atoms with van der Waals surface area (Å²) in [4.78, 5) is 16.6. The molecule has 5 nitrogen and oxygen atoms in total. The van der Waals surface area contributed by atoms with Crippen molar-refractivity contribution < 1.29 is 9.53 Å². The van der Waals surface area contributed by atoms with Crippen molar-refractivity contribution in [2.75, 3.05) is 0 Å². The summed E-state index contributed by atoms with van der Waals surface area (Å²) in [5.41, 5.74) is 12.9. The van der Waals surface area contributed by atoms with Crippen LogP contribution >= 0.6 is 23.2 Å². The highest BCUT2D eigenvalue weighted by Gasteiger charge is 2.16. The van der Waals surface area contributed by atoms with Gasteiger partial charge in [0.25, 0.3) is 0 Å². The molecule has 0 spiro atoms. The first-order valence-electron chi connectivity index (χ1n) is 15.0. The van der Waals surface area contributed by atoms with Crippen LogP contribution in [-0.2, 0) is 11.8 Å². The van der Waals surface area contributed by atoms with Gasteiger partial charge in [0.1, 0.15) is 17.3 Å². The average Bonchev–Trinajstić information content (AvgIpc) is 3.45. The van der Waals surface area contributed by atoms with Gasteiger partial charge < -0.3 is 15.0 Å². The van der Waals surface area contributed by atoms with E-state index in [9.17, 15) is 4.79 Å². The van der Waals surface area contributed by atoms with E-state index in [1.807, 2.05) is 53.2 Å². The fraction of sp³-hybridized carbons (Fsp3) is 0.128. The van der Waals surface area contributed by atoms with Crippen LogP contribution in [-0.4, -0.2) is 15.5 Å². The molecule has 0 bridgehead atoms. The molecule has 0 aliphatic rings. The van der Waals surface area contributed by atoms with Gasteiger partial charge in [0.2, 0.25) is 5.91 Å². The van der Waals surface area contributed by atoms with E-state index in [2.05, 4.69) is 69.3 Å². The van der Waals surface area contributed by atoms with Gasteiger partial charge >= 0.3 is 0 Å². The summed E-state index contributed by atoms with van der Waals surface area (Å²) >= 11 is 12.7. The van der Waals surface area contributed by atoms with E-state index in [0.717, 1.165) is 51.0 Å². The summed E-state index contributed by atoms with van der Waals surface area (Å²) in [6.07, 6.45) is 2.52. The van der Waals surface area contributed by atoms with Gasteiger partial charge in [-0.2, -0.15) is 0 Å². The molecular formula is C39H33Cl2N3O2. The predicted molar refractivity (Wildman–Crippen MR) is 187 cm³/mol. The number of primary amides is 1. The molecule has 2 N–H and O–H groups in total. The zero-order chi connectivity index (χ0) is 32.4. The third-order valence-electron chi connectivity index (χ3n) is 7.88. The Balaban J connectivity index is 1.22. The summed E-state index contributed by atoms with van der Waals surface area (Å²) < 4.78 is 8.10. The number of carbonyl (C=O) groups excluding carboxylic acids is 1. The SMILES string of the molecule is CC(C)(C)c1ccc(Oc2ccc(-c3ccc(Cc4nc(-c5ccc(Cl)cc5Cl)cn4-c4ccc(C(N)=O)cc4)cc3)cc2)cc1. The molecule has 0 aliphatic heterocycles. The number of ether oxygens (including phenoxy) is 1. The van der Waals surface area contributed by atoms with Crippen LogP contribution in [0.3, 0.4) is 0 Å². The molecular weight excluding hydrogens is 613 g/mol. The number of hydrogen-bond donors (Lipinski definition) is 1. The summed E-state index contributed by atoms with van der Waals surface area (Å²) in [5, 5.41) is 1.08. The minimum absolute atomic E-state index is 0.102. The molecule has 6 aromatic rings. The molecule has 0 unspecified atom stereocenters. The molecule has 0 atom stereocenters. The lowest BCUT2D eigenvalue weighted by molar-refractivity contribution is 0.100. The van der Waals surface area contributed by atoms with Gasteiger partial charge in [-0.25, -0.2) is 4.98 Å². The number of benzene rings is 5. The van der Waals surface area contributed by atoms with Crippen molar-refractivity contribution in [3.8, 4) is 39.6 Å². The second kappa shape index (κ2) is 12.9. The third kappa shape index (κ3) is 7.02. The van der Waals surface area contributed by atoms with E-state index in [1.54, 1.807) is 24.3 Å². The highest BCUT2D eigenvalue weighted by Crippen LogP contribution is 2.32. The van der Waals surface area contributed by atoms with Gasteiger partial charge in [-0.05, 0) is 94.4 Å². The number of nitrogens with zero attached hydrogens (tertiary/aromatic N) is 2. The van der Waals surface area contributed by atoms with E-state index in [0.29, 0.717) is 22.0 Å². The van der Waals surface area contributed by atoms with Crippen LogP contribution in [0.4, 0.5) is 0 Å².